The molecule has 0 spiro atoms. The van der Waals surface area contributed by atoms with E-state index < -0.39 is 5.97 Å². The summed E-state index contributed by atoms with van der Waals surface area (Å²) in [6, 6.07) is 17.8. The number of nitrogens with one attached hydrogen (secondary N) is 2. The molecule has 29 heavy (non-hydrogen) atoms. The number of carboxylic acid groups (broad SMARTS) is 1. The van der Waals surface area contributed by atoms with Crippen LogP contribution in [0.3, 0.4) is 0 Å². The van der Waals surface area contributed by atoms with E-state index in [1.165, 1.54) is 0 Å². The van der Waals surface area contributed by atoms with Crippen molar-refractivity contribution in [3.05, 3.63) is 65.7 Å². The average Bonchev–Trinajstić information content (AvgIpc) is 2.74. The smallest absolute Gasteiger partial charge is 0.315 e. The van der Waals surface area contributed by atoms with Crippen LogP contribution in [0.1, 0.15) is 36.8 Å². The summed E-state index contributed by atoms with van der Waals surface area (Å²) in [7, 11) is 0. The zero-order valence-corrected chi connectivity index (χ0v) is 16.5. The Bertz CT molecular complexity index is 802. The molecule has 1 saturated carbocycles. The van der Waals surface area contributed by atoms with Crippen LogP contribution in [0.15, 0.2) is 54.6 Å². The van der Waals surface area contributed by atoms with Gasteiger partial charge in [-0.05, 0) is 55.4 Å². The second-order valence-electron chi connectivity index (χ2n) is 7.46. The topological polar surface area (TPSA) is 87.7 Å². The summed E-state index contributed by atoms with van der Waals surface area (Å²) in [5, 5.41) is 14.9. The first-order chi connectivity index (χ1) is 14.1. The summed E-state index contributed by atoms with van der Waals surface area (Å²) in [6.45, 7) is 1.05. The highest BCUT2D eigenvalue weighted by Gasteiger charge is 2.26. The summed E-state index contributed by atoms with van der Waals surface area (Å²) in [4.78, 5) is 23.1. The van der Waals surface area contributed by atoms with Gasteiger partial charge in [-0.25, -0.2) is 4.79 Å². The molecule has 0 radical (unpaired) electrons. The van der Waals surface area contributed by atoms with E-state index in [2.05, 4.69) is 10.6 Å². The van der Waals surface area contributed by atoms with Gasteiger partial charge in [0.2, 0.25) is 0 Å². The van der Waals surface area contributed by atoms with E-state index in [0.717, 1.165) is 16.9 Å². The van der Waals surface area contributed by atoms with Crippen LogP contribution in [-0.4, -0.2) is 29.7 Å². The molecule has 0 aromatic heterocycles. The summed E-state index contributed by atoms with van der Waals surface area (Å²) < 4.78 is 5.84. The van der Waals surface area contributed by atoms with Gasteiger partial charge in [-0.1, -0.05) is 42.5 Å². The zero-order valence-electron chi connectivity index (χ0n) is 16.5. The van der Waals surface area contributed by atoms with Crippen molar-refractivity contribution in [1.29, 1.82) is 0 Å². The van der Waals surface area contributed by atoms with Crippen molar-refractivity contribution in [2.75, 3.05) is 6.54 Å². The Morgan fingerprint density at radius 3 is 2.41 bits per heavy atom. The van der Waals surface area contributed by atoms with Crippen LogP contribution in [0.4, 0.5) is 4.79 Å². The third-order valence-electron chi connectivity index (χ3n) is 5.26. The molecule has 0 saturated heterocycles. The monoisotopic (exact) mass is 396 g/mol. The minimum absolute atomic E-state index is 0.0558. The molecular weight excluding hydrogens is 368 g/mol. The number of carboxylic acids is 1. The Morgan fingerprint density at radius 2 is 1.69 bits per heavy atom. The molecule has 1 fully saturated rings. The van der Waals surface area contributed by atoms with E-state index in [-0.39, 0.29) is 18.0 Å². The Hall–Kier alpha value is -3.02. The average molecular weight is 396 g/mol. The van der Waals surface area contributed by atoms with E-state index in [0.29, 0.717) is 45.3 Å². The molecule has 1 aliphatic carbocycles. The third kappa shape index (κ3) is 6.82. The Balaban J connectivity index is 1.37. The lowest BCUT2D eigenvalue weighted by Crippen LogP contribution is -2.44. The van der Waals surface area contributed by atoms with Crippen LogP contribution in [-0.2, 0) is 17.8 Å². The molecule has 2 amide bonds. The van der Waals surface area contributed by atoms with Crippen molar-refractivity contribution >= 4 is 12.0 Å². The van der Waals surface area contributed by atoms with Crippen molar-refractivity contribution in [3.8, 4) is 5.75 Å². The lowest BCUT2D eigenvalue weighted by atomic mass is 9.86. The number of hydrogen-bond acceptors (Lipinski definition) is 3. The van der Waals surface area contributed by atoms with Crippen LogP contribution < -0.4 is 15.4 Å². The first-order valence-corrected chi connectivity index (χ1v) is 10.1. The van der Waals surface area contributed by atoms with E-state index in [4.69, 9.17) is 9.84 Å². The maximum absolute atomic E-state index is 12.1. The van der Waals surface area contributed by atoms with Gasteiger partial charge >= 0.3 is 12.0 Å². The third-order valence-corrected chi connectivity index (χ3v) is 5.26. The fraction of sp³-hybridized carbons (Fsp3) is 0.391. The largest absolute Gasteiger partial charge is 0.489 e. The van der Waals surface area contributed by atoms with Crippen molar-refractivity contribution in [2.24, 2.45) is 5.92 Å². The quantitative estimate of drug-likeness (QED) is 0.634. The standard InChI is InChI=1S/C23H28N2O4/c26-22(27)19-9-11-20(12-10-19)25-23(28)24-14-13-17-7-4-8-21(15-17)29-16-18-5-2-1-3-6-18/h1-8,15,19-20H,9-14,16H2,(H,26,27)(H2,24,25,28). The number of carbonyl (C=O) groups is 2. The molecule has 154 valence electrons. The molecule has 0 atom stereocenters. The van der Waals surface area contributed by atoms with Crippen molar-refractivity contribution in [2.45, 2.75) is 44.8 Å². The highest BCUT2D eigenvalue weighted by molar-refractivity contribution is 5.74. The fourth-order valence-corrected chi connectivity index (χ4v) is 3.57. The lowest BCUT2D eigenvalue weighted by Gasteiger charge is -2.26. The van der Waals surface area contributed by atoms with E-state index >= 15 is 0 Å². The molecule has 0 bridgehead atoms. The molecule has 2 aromatic carbocycles. The maximum atomic E-state index is 12.1. The Morgan fingerprint density at radius 1 is 0.966 bits per heavy atom. The van der Waals surface area contributed by atoms with Crippen LogP contribution in [0.5, 0.6) is 5.75 Å². The zero-order chi connectivity index (χ0) is 20.5. The minimum Gasteiger partial charge on any atom is -0.489 e. The SMILES string of the molecule is O=C(NCCc1cccc(OCc2ccccc2)c1)NC1CCC(C(=O)O)CC1. The molecule has 0 heterocycles. The van der Waals surface area contributed by atoms with Crippen molar-refractivity contribution in [3.63, 3.8) is 0 Å². The van der Waals surface area contributed by atoms with Gasteiger partial charge in [0.1, 0.15) is 12.4 Å². The van der Waals surface area contributed by atoms with Gasteiger partial charge in [-0.3, -0.25) is 4.79 Å². The Kier molecular flexibility index (Phi) is 7.50. The molecule has 0 aliphatic heterocycles. The van der Waals surface area contributed by atoms with Gasteiger partial charge in [0, 0.05) is 12.6 Å². The first-order valence-electron chi connectivity index (χ1n) is 10.1. The second kappa shape index (κ2) is 10.5. The summed E-state index contributed by atoms with van der Waals surface area (Å²) in [5.74, 6) is -0.193. The van der Waals surface area contributed by atoms with Gasteiger partial charge in [-0.2, -0.15) is 0 Å². The number of hydrogen-bond donors (Lipinski definition) is 3. The number of rotatable bonds is 8. The van der Waals surface area contributed by atoms with Crippen LogP contribution in [0.2, 0.25) is 0 Å². The fourth-order valence-electron chi connectivity index (χ4n) is 3.57. The van der Waals surface area contributed by atoms with E-state index in [9.17, 15) is 9.59 Å². The van der Waals surface area contributed by atoms with Gasteiger partial charge < -0.3 is 20.5 Å². The van der Waals surface area contributed by atoms with Gasteiger partial charge in [-0.15, -0.1) is 0 Å². The number of urea groups is 1. The summed E-state index contributed by atoms with van der Waals surface area (Å²) in [5.41, 5.74) is 2.21. The normalized spacial score (nSPS) is 18.6. The molecular formula is C23H28N2O4. The van der Waals surface area contributed by atoms with E-state index in [1.54, 1.807) is 0 Å². The summed E-state index contributed by atoms with van der Waals surface area (Å²) >= 11 is 0. The number of carbonyl (C=O) groups excluding carboxylic acids is 1. The predicted molar refractivity (Wildman–Crippen MR) is 111 cm³/mol. The molecule has 1 aliphatic rings. The first kappa shape index (κ1) is 20.7. The summed E-state index contributed by atoms with van der Waals surface area (Å²) in [6.07, 6.45) is 3.38. The molecule has 3 N–H and O–H groups in total. The Labute approximate surface area is 171 Å². The lowest BCUT2D eigenvalue weighted by molar-refractivity contribution is -0.142. The minimum atomic E-state index is -0.733. The predicted octanol–water partition coefficient (Wildman–Crippen LogP) is 3.75. The van der Waals surface area contributed by atoms with Gasteiger partial charge in [0.25, 0.3) is 0 Å². The maximum Gasteiger partial charge on any atom is 0.315 e. The highest BCUT2D eigenvalue weighted by Crippen LogP contribution is 2.24. The highest BCUT2D eigenvalue weighted by atomic mass is 16.5. The van der Waals surface area contributed by atoms with Crippen LogP contribution in [0.25, 0.3) is 0 Å². The molecule has 3 rings (SSSR count). The van der Waals surface area contributed by atoms with Gasteiger partial charge in [0.05, 0.1) is 5.92 Å². The number of aliphatic carboxylic acids is 1. The molecule has 2 aromatic rings. The van der Waals surface area contributed by atoms with Crippen LogP contribution in [0, 0.1) is 5.92 Å². The van der Waals surface area contributed by atoms with Crippen molar-refractivity contribution < 1.29 is 19.4 Å². The second-order valence-corrected chi connectivity index (χ2v) is 7.46. The number of benzene rings is 2. The van der Waals surface area contributed by atoms with Crippen molar-refractivity contribution in [1.82, 2.24) is 10.6 Å². The molecule has 6 heteroatoms. The van der Waals surface area contributed by atoms with Gasteiger partial charge in [0.15, 0.2) is 0 Å². The number of amides is 2. The molecule has 0 unspecified atom stereocenters. The van der Waals surface area contributed by atoms with E-state index in [1.807, 2.05) is 54.6 Å². The number of ether oxygens (including phenoxy) is 1. The van der Waals surface area contributed by atoms with Crippen LogP contribution >= 0.6 is 0 Å². The molecule has 6 nitrogen and oxygen atoms in total.